The highest BCUT2D eigenvalue weighted by molar-refractivity contribution is 7.30. The van der Waals surface area contributed by atoms with Crippen LogP contribution >= 0.6 is 8.25 Å². The summed E-state index contributed by atoms with van der Waals surface area (Å²) >= 11 is 0. The molecule has 150 valence electrons. The molecule has 8 nitrogen and oxygen atoms in total. The topological polar surface area (TPSA) is 159 Å². The summed E-state index contributed by atoms with van der Waals surface area (Å²) in [5.41, 5.74) is 12.6. The zero-order chi connectivity index (χ0) is 19.8. The third-order valence-corrected chi connectivity index (χ3v) is 3.68. The van der Waals surface area contributed by atoms with Crippen molar-refractivity contribution in [1.29, 1.82) is 0 Å². The van der Waals surface area contributed by atoms with Crippen LogP contribution in [0.4, 0.5) is 0 Å². The largest absolute Gasteiger partial charge is 0.478 e. The molecule has 1 aromatic carbocycles. The van der Waals surface area contributed by atoms with Gasteiger partial charge in [0.15, 0.2) is 0 Å². The zero-order valence-electron chi connectivity index (χ0n) is 15.1. The molecule has 1 fully saturated rings. The second kappa shape index (κ2) is 15.9. The van der Waals surface area contributed by atoms with Crippen molar-refractivity contribution in [3.63, 3.8) is 0 Å². The second-order valence-electron chi connectivity index (χ2n) is 6.01. The van der Waals surface area contributed by atoms with E-state index in [-0.39, 0.29) is 6.04 Å². The maximum atomic E-state index is 10.7. The van der Waals surface area contributed by atoms with E-state index in [9.17, 15) is 4.79 Å². The van der Waals surface area contributed by atoms with Gasteiger partial charge in [-0.25, -0.2) is 4.79 Å². The highest BCUT2D eigenvalue weighted by atomic mass is 31.1. The molecule has 1 aliphatic rings. The molecule has 26 heavy (non-hydrogen) atoms. The monoisotopic (exact) mass is 389 g/mol. The van der Waals surface area contributed by atoms with Gasteiger partial charge in [0, 0.05) is 25.7 Å². The van der Waals surface area contributed by atoms with Crippen LogP contribution in [0.2, 0.25) is 0 Å². The summed E-state index contributed by atoms with van der Waals surface area (Å²) in [4.78, 5) is 25.0. The number of carboxylic acid groups (broad SMARTS) is 1. The minimum Gasteiger partial charge on any atom is -0.478 e. The van der Waals surface area contributed by atoms with Crippen LogP contribution < -0.4 is 16.8 Å². The number of hydrogen-bond acceptors (Lipinski definition) is 5. The van der Waals surface area contributed by atoms with E-state index >= 15 is 0 Å². The third kappa shape index (κ3) is 15.0. The molecule has 0 aliphatic heterocycles. The lowest BCUT2D eigenvalue weighted by atomic mass is 10.0. The summed E-state index contributed by atoms with van der Waals surface area (Å²) in [5, 5.41) is 11.9. The molecule has 1 saturated carbocycles. The van der Waals surface area contributed by atoms with Crippen LogP contribution in [-0.2, 0) is 11.0 Å². The summed E-state index contributed by atoms with van der Waals surface area (Å²) in [6, 6.07) is 6.80. The number of carboxylic acids is 1. The molecule has 1 unspecified atom stereocenters. The van der Waals surface area contributed by atoms with Gasteiger partial charge in [-0.05, 0) is 24.1 Å². The van der Waals surface area contributed by atoms with Gasteiger partial charge in [0.05, 0.1) is 5.56 Å². The van der Waals surface area contributed by atoms with Crippen molar-refractivity contribution in [1.82, 2.24) is 5.32 Å². The first-order valence-electron chi connectivity index (χ1n) is 8.77. The molecule has 0 saturated heterocycles. The highest BCUT2D eigenvalue weighted by Crippen LogP contribution is 2.15. The smallest absolute Gasteiger partial charge is 0.335 e. The molecule has 1 atom stereocenters. The van der Waals surface area contributed by atoms with Crippen LogP contribution in [0.15, 0.2) is 24.3 Å². The van der Waals surface area contributed by atoms with Gasteiger partial charge in [0.2, 0.25) is 0 Å². The van der Waals surface area contributed by atoms with Crippen molar-refractivity contribution in [3.8, 4) is 0 Å². The number of carbonyl (C=O) groups is 1. The highest BCUT2D eigenvalue weighted by Gasteiger charge is 2.05. The molecule has 2 rings (SSSR count). The van der Waals surface area contributed by atoms with E-state index in [1.54, 1.807) is 24.3 Å². The molecular weight excluding hydrogens is 357 g/mol. The van der Waals surface area contributed by atoms with Gasteiger partial charge in [-0.3, -0.25) is 4.57 Å². The lowest BCUT2D eigenvalue weighted by Gasteiger charge is -2.12. The van der Waals surface area contributed by atoms with E-state index in [0.29, 0.717) is 18.7 Å². The van der Waals surface area contributed by atoms with Gasteiger partial charge in [0.25, 0.3) is 0 Å². The lowest BCUT2D eigenvalue weighted by molar-refractivity contribution is 0.0697. The Morgan fingerprint density at radius 3 is 1.96 bits per heavy atom. The molecular formula is C17H32N3O5P. The zero-order valence-corrected chi connectivity index (χ0v) is 16.1. The van der Waals surface area contributed by atoms with Crippen molar-refractivity contribution in [2.45, 2.75) is 44.6 Å². The van der Waals surface area contributed by atoms with Gasteiger partial charge >= 0.3 is 14.2 Å². The number of nitrogens with one attached hydrogen (secondary N) is 1. The Morgan fingerprint density at radius 2 is 1.58 bits per heavy atom. The van der Waals surface area contributed by atoms with Gasteiger partial charge in [0.1, 0.15) is 0 Å². The van der Waals surface area contributed by atoms with Crippen molar-refractivity contribution in [2.24, 2.45) is 11.5 Å². The Labute approximate surface area is 155 Å². The summed E-state index contributed by atoms with van der Waals surface area (Å²) in [6.45, 7) is 2.06. The van der Waals surface area contributed by atoms with E-state index in [2.05, 4.69) is 5.32 Å². The van der Waals surface area contributed by atoms with Crippen molar-refractivity contribution < 1.29 is 24.3 Å². The summed E-state index contributed by atoms with van der Waals surface area (Å²) in [6.07, 6.45) is 8.22. The minimum absolute atomic E-state index is 0.0113. The molecule has 0 radical (unpaired) electrons. The van der Waals surface area contributed by atoms with Crippen LogP contribution in [-0.4, -0.2) is 46.5 Å². The Bertz CT molecular complexity index is 498. The molecule has 0 aromatic heterocycles. The molecule has 0 heterocycles. The van der Waals surface area contributed by atoms with Crippen LogP contribution in [0, 0.1) is 0 Å². The average molecular weight is 389 g/mol. The fourth-order valence-corrected chi connectivity index (χ4v) is 2.43. The van der Waals surface area contributed by atoms with Crippen LogP contribution in [0.3, 0.4) is 0 Å². The first-order valence-corrected chi connectivity index (χ1v) is 10.1. The number of nitrogens with two attached hydrogens (primary N) is 2. The summed E-state index contributed by atoms with van der Waals surface area (Å²) in [7, 11) is -3.13. The summed E-state index contributed by atoms with van der Waals surface area (Å²) < 4.78 is 8.74. The molecule has 1 aromatic rings. The van der Waals surface area contributed by atoms with Crippen molar-refractivity contribution in [3.05, 3.63) is 35.4 Å². The number of hydrogen-bond donors (Lipinski definition) is 6. The number of benzene rings is 1. The molecule has 1 aliphatic carbocycles. The third-order valence-electron chi connectivity index (χ3n) is 3.68. The SMILES string of the molecule is C1CCCC1.NCCNCC(N)Cc1ccc(C(=O)O)cc1.O=[PH](O)O. The normalized spacial score (nSPS) is 14.0. The molecule has 8 N–H and O–H groups in total. The van der Waals surface area contributed by atoms with Gasteiger partial charge in [-0.1, -0.05) is 44.2 Å². The maximum Gasteiger partial charge on any atom is 0.335 e. The number of rotatable bonds is 7. The van der Waals surface area contributed by atoms with E-state index in [0.717, 1.165) is 18.5 Å². The Hall–Kier alpha value is -1.28. The van der Waals surface area contributed by atoms with Crippen LogP contribution in [0.5, 0.6) is 0 Å². The predicted molar refractivity (Wildman–Crippen MR) is 104 cm³/mol. The van der Waals surface area contributed by atoms with Gasteiger partial charge in [-0.15, -0.1) is 0 Å². The average Bonchev–Trinajstić information content (AvgIpc) is 3.15. The first kappa shape index (κ1) is 24.7. The minimum atomic E-state index is -3.13. The van der Waals surface area contributed by atoms with E-state index in [1.165, 1.54) is 32.1 Å². The van der Waals surface area contributed by atoms with Crippen molar-refractivity contribution >= 4 is 14.2 Å². The molecule has 0 spiro atoms. The maximum absolute atomic E-state index is 10.7. The van der Waals surface area contributed by atoms with Crippen LogP contribution in [0.25, 0.3) is 0 Å². The van der Waals surface area contributed by atoms with Gasteiger partial charge < -0.3 is 31.7 Å². The second-order valence-corrected chi connectivity index (χ2v) is 6.57. The predicted octanol–water partition coefficient (Wildman–Crippen LogP) is 1.11. The molecule has 0 bridgehead atoms. The quantitative estimate of drug-likeness (QED) is 0.299. The summed E-state index contributed by atoms with van der Waals surface area (Å²) in [5.74, 6) is -0.912. The van der Waals surface area contributed by atoms with Crippen molar-refractivity contribution in [2.75, 3.05) is 19.6 Å². The fraction of sp³-hybridized carbons (Fsp3) is 0.588. The Morgan fingerprint density at radius 1 is 1.12 bits per heavy atom. The van der Waals surface area contributed by atoms with Crippen LogP contribution in [0.1, 0.15) is 48.0 Å². The van der Waals surface area contributed by atoms with E-state index in [1.807, 2.05) is 0 Å². The Balaban J connectivity index is 0.000000566. The molecule has 9 heteroatoms. The first-order chi connectivity index (χ1) is 12.4. The standard InChI is InChI=1S/C12H19N3O2.C5H10.H3O3P/c13-5-6-15-8-11(14)7-9-1-3-10(4-2-9)12(16)17;1-2-4-5-3-1;1-4(2)3/h1-4,11,15H,5-8,13-14H2,(H,16,17);1-5H2;4H,(H2,1,2,3). The van der Waals surface area contributed by atoms with E-state index in [4.69, 9.17) is 30.9 Å². The number of aromatic carboxylic acids is 1. The van der Waals surface area contributed by atoms with Gasteiger partial charge in [-0.2, -0.15) is 0 Å². The Kier molecular flexibility index (Phi) is 15.2. The fourth-order valence-electron chi connectivity index (χ4n) is 2.43. The van der Waals surface area contributed by atoms with E-state index < -0.39 is 14.2 Å². The lowest BCUT2D eigenvalue weighted by Crippen LogP contribution is -2.37. The molecule has 0 amide bonds.